The highest BCUT2D eigenvalue weighted by Crippen LogP contribution is 2.36. The number of benzene rings is 2. The summed E-state index contributed by atoms with van der Waals surface area (Å²) in [6.45, 7) is 0. The minimum Gasteiger partial charge on any atom is -0.550 e. The normalized spacial score (nSPS) is 16.3. The number of hydrogen-bond acceptors (Lipinski definition) is 4. The fourth-order valence-corrected chi connectivity index (χ4v) is 3.57. The van der Waals surface area contributed by atoms with E-state index in [0.29, 0.717) is 11.4 Å². The van der Waals surface area contributed by atoms with Crippen LogP contribution >= 0.6 is 27.5 Å². The van der Waals surface area contributed by atoms with Crippen molar-refractivity contribution in [1.82, 2.24) is 5.01 Å². The van der Waals surface area contributed by atoms with E-state index in [9.17, 15) is 14.7 Å². The second kappa shape index (κ2) is 8.67. The van der Waals surface area contributed by atoms with Gasteiger partial charge in [-0.25, -0.2) is 5.01 Å². The molecule has 0 spiro atoms. The van der Waals surface area contributed by atoms with Crippen LogP contribution in [0.1, 0.15) is 42.9 Å². The Labute approximate surface area is 170 Å². The molecule has 5 nitrogen and oxygen atoms in total. The van der Waals surface area contributed by atoms with E-state index in [1.807, 2.05) is 42.5 Å². The van der Waals surface area contributed by atoms with Gasteiger partial charge in [-0.15, -0.1) is 0 Å². The SMILES string of the molecule is O=C([O-])CCCC(=O)N1N=C(c2ccc(Br)cc2)C[C@@H]1c1ccccc1Cl. The van der Waals surface area contributed by atoms with E-state index < -0.39 is 5.97 Å². The quantitative estimate of drug-likeness (QED) is 0.676. The lowest BCUT2D eigenvalue weighted by molar-refractivity contribution is -0.305. The highest BCUT2D eigenvalue weighted by atomic mass is 79.9. The summed E-state index contributed by atoms with van der Waals surface area (Å²) in [6.07, 6.45) is 0.694. The Balaban J connectivity index is 1.87. The molecule has 0 bridgehead atoms. The van der Waals surface area contributed by atoms with Gasteiger partial charge < -0.3 is 9.90 Å². The van der Waals surface area contributed by atoms with E-state index in [1.165, 1.54) is 5.01 Å². The lowest BCUT2D eigenvalue weighted by Gasteiger charge is -2.23. The average molecular weight is 449 g/mol. The number of rotatable bonds is 6. The van der Waals surface area contributed by atoms with Crippen LogP contribution in [-0.2, 0) is 9.59 Å². The van der Waals surface area contributed by atoms with Crippen molar-refractivity contribution < 1.29 is 14.7 Å². The van der Waals surface area contributed by atoms with Gasteiger partial charge in [-0.2, -0.15) is 5.10 Å². The van der Waals surface area contributed by atoms with Gasteiger partial charge >= 0.3 is 0 Å². The molecule has 0 saturated heterocycles. The highest BCUT2D eigenvalue weighted by Gasteiger charge is 2.33. The van der Waals surface area contributed by atoms with Crippen LogP contribution in [0.2, 0.25) is 5.02 Å². The Bertz CT molecular complexity index is 883. The van der Waals surface area contributed by atoms with Crippen LogP contribution in [0.4, 0.5) is 0 Å². The lowest BCUT2D eigenvalue weighted by Crippen LogP contribution is -2.28. The number of hydrogen-bond donors (Lipinski definition) is 0. The lowest BCUT2D eigenvalue weighted by atomic mass is 9.98. The van der Waals surface area contributed by atoms with E-state index in [1.54, 1.807) is 6.07 Å². The average Bonchev–Trinajstić information content (AvgIpc) is 3.07. The molecule has 140 valence electrons. The van der Waals surface area contributed by atoms with Crippen molar-refractivity contribution in [1.29, 1.82) is 0 Å². The molecule has 1 aliphatic heterocycles. The number of carboxylic acid groups (broad SMARTS) is 1. The van der Waals surface area contributed by atoms with Crippen molar-refractivity contribution in [3.05, 3.63) is 69.2 Å². The first kappa shape index (κ1) is 19.6. The van der Waals surface area contributed by atoms with Gasteiger partial charge in [0, 0.05) is 28.3 Å². The first-order valence-corrected chi connectivity index (χ1v) is 9.72. The smallest absolute Gasteiger partial charge is 0.243 e. The van der Waals surface area contributed by atoms with Gasteiger partial charge in [0.15, 0.2) is 0 Å². The molecule has 1 aliphatic rings. The minimum atomic E-state index is -1.16. The largest absolute Gasteiger partial charge is 0.550 e. The minimum absolute atomic E-state index is 0.0893. The van der Waals surface area contributed by atoms with Crippen molar-refractivity contribution in [2.75, 3.05) is 0 Å². The molecule has 2 aromatic carbocycles. The molecule has 1 atom stereocenters. The maximum absolute atomic E-state index is 12.7. The van der Waals surface area contributed by atoms with E-state index >= 15 is 0 Å². The second-order valence-corrected chi connectivity index (χ2v) is 7.58. The molecule has 3 rings (SSSR count). The van der Waals surface area contributed by atoms with E-state index in [4.69, 9.17) is 11.6 Å². The van der Waals surface area contributed by atoms with Gasteiger partial charge in [0.2, 0.25) is 5.91 Å². The van der Waals surface area contributed by atoms with Crippen molar-refractivity contribution in [3.63, 3.8) is 0 Å². The second-order valence-electron chi connectivity index (χ2n) is 6.26. The van der Waals surface area contributed by atoms with Crippen LogP contribution in [-0.4, -0.2) is 22.6 Å². The zero-order chi connectivity index (χ0) is 19.4. The zero-order valence-electron chi connectivity index (χ0n) is 14.4. The Kier molecular flexibility index (Phi) is 6.29. The third-order valence-corrected chi connectivity index (χ3v) is 5.25. The van der Waals surface area contributed by atoms with Crippen molar-refractivity contribution >= 4 is 45.1 Å². The summed E-state index contributed by atoms with van der Waals surface area (Å²) in [5.74, 6) is -1.39. The Morgan fingerprint density at radius 2 is 1.85 bits per heavy atom. The van der Waals surface area contributed by atoms with Crippen LogP contribution in [0.3, 0.4) is 0 Å². The summed E-state index contributed by atoms with van der Waals surface area (Å²) in [6, 6.07) is 14.8. The molecule has 0 N–H and O–H groups in total. The van der Waals surface area contributed by atoms with Gasteiger partial charge in [0.25, 0.3) is 0 Å². The van der Waals surface area contributed by atoms with Crippen LogP contribution in [0.5, 0.6) is 0 Å². The molecule has 27 heavy (non-hydrogen) atoms. The van der Waals surface area contributed by atoms with Crippen molar-refractivity contribution in [2.24, 2.45) is 5.10 Å². The maximum Gasteiger partial charge on any atom is 0.243 e. The molecular weight excluding hydrogens is 432 g/mol. The van der Waals surface area contributed by atoms with E-state index in [-0.39, 0.29) is 31.2 Å². The molecule has 0 fully saturated rings. The van der Waals surface area contributed by atoms with Gasteiger partial charge in [-0.3, -0.25) is 4.79 Å². The Morgan fingerprint density at radius 1 is 1.15 bits per heavy atom. The number of aliphatic carboxylic acids is 1. The number of carboxylic acids is 1. The number of halogens is 2. The first-order valence-electron chi connectivity index (χ1n) is 8.55. The van der Waals surface area contributed by atoms with Gasteiger partial charge in [-0.05, 0) is 42.2 Å². The molecule has 7 heteroatoms. The fourth-order valence-electron chi connectivity index (χ4n) is 3.04. The van der Waals surface area contributed by atoms with Crippen LogP contribution in [0.25, 0.3) is 0 Å². The van der Waals surface area contributed by atoms with Crippen molar-refractivity contribution in [2.45, 2.75) is 31.7 Å². The summed E-state index contributed by atoms with van der Waals surface area (Å²) in [4.78, 5) is 23.3. The summed E-state index contributed by atoms with van der Waals surface area (Å²) in [5.41, 5.74) is 2.55. The van der Waals surface area contributed by atoms with Gasteiger partial charge in [-0.1, -0.05) is 57.9 Å². The van der Waals surface area contributed by atoms with Crippen molar-refractivity contribution in [3.8, 4) is 0 Å². The highest BCUT2D eigenvalue weighted by molar-refractivity contribution is 9.10. The van der Waals surface area contributed by atoms with Crippen LogP contribution in [0, 0.1) is 0 Å². The predicted molar refractivity (Wildman–Crippen MR) is 105 cm³/mol. The third kappa shape index (κ3) is 4.76. The Morgan fingerprint density at radius 3 is 2.52 bits per heavy atom. The number of carbonyl (C=O) groups is 2. The van der Waals surface area contributed by atoms with Crippen LogP contribution < -0.4 is 5.11 Å². The maximum atomic E-state index is 12.7. The van der Waals surface area contributed by atoms with E-state index in [0.717, 1.165) is 21.3 Å². The monoisotopic (exact) mass is 447 g/mol. The summed E-state index contributed by atoms with van der Waals surface area (Å²) in [5, 5.41) is 17.2. The number of carbonyl (C=O) groups excluding carboxylic acids is 2. The van der Waals surface area contributed by atoms with Gasteiger partial charge in [0.1, 0.15) is 0 Å². The molecule has 0 saturated carbocycles. The predicted octanol–water partition coefficient (Wildman–Crippen LogP) is 3.70. The van der Waals surface area contributed by atoms with Gasteiger partial charge in [0.05, 0.1) is 11.8 Å². The number of hydrazone groups is 1. The molecule has 0 aromatic heterocycles. The summed E-state index contributed by atoms with van der Waals surface area (Å²) < 4.78 is 0.961. The molecule has 1 amide bonds. The molecule has 0 aliphatic carbocycles. The van der Waals surface area contributed by atoms with E-state index in [2.05, 4.69) is 21.0 Å². The summed E-state index contributed by atoms with van der Waals surface area (Å²) in [7, 11) is 0. The zero-order valence-corrected chi connectivity index (χ0v) is 16.7. The number of amides is 1. The summed E-state index contributed by atoms with van der Waals surface area (Å²) >= 11 is 9.77. The fraction of sp³-hybridized carbons (Fsp3) is 0.250. The molecule has 2 aromatic rings. The van der Waals surface area contributed by atoms with Crippen LogP contribution in [0.15, 0.2) is 58.1 Å². The first-order chi connectivity index (χ1) is 13.0. The molecule has 0 unspecified atom stereocenters. The topological polar surface area (TPSA) is 72.8 Å². The standard InChI is InChI=1S/C20H18BrClN2O3/c21-14-10-8-13(9-11-14)17-12-18(15-4-1-2-5-16(15)22)24(23-17)19(25)6-3-7-20(26)27/h1-2,4-5,8-11,18H,3,6-7,12H2,(H,26,27)/p-1/t18-/m1/s1. The number of nitrogens with zero attached hydrogens (tertiary/aromatic N) is 2. The Hall–Kier alpha value is -2.18. The molecule has 0 radical (unpaired) electrons. The molecular formula is C20H17BrClN2O3-. The third-order valence-electron chi connectivity index (χ3n) is 4.38. The molecule has 1 heterocycles.